The highest BCUT2D eigenvalue weighted by atomic mass is 16.3. The van der Waals surface area contributed by atoms with Crippen molar-refractivity contribution in [1.82, 2.24) is 0 Å². The van der Waals surface area contributed by atoms with Crippen LogP contribution in [0.5, 0.6) is 0 Å². The van der Waals surface area contributed by atoms with E-state index in [4.69, 9.17) is 4.42 Å². The number of hydrogen-bond donors (Lipinski definition) is 0. The molecule has 0 aliphatic heterocycles. The second-order valence-electron chi connectivity index (χ2n) is 15.3. The van der Waals surface area contributed by atoms with Gasteiger partial charge in [0.15, 0.2) is 0 Å². The lowest BCUT2D eigenvalue weighted by atomic mass is 9.95. The fourth-order valence-electron chi connectivity index (χ4n) is 8.59. The molecule has 0 radical (unpaired) electrons. The third-order valence-electron chi connectivity index (χ3n) is 11.7. The lowest BCUT2D eigenvalue weighted by Gasteiger charge is -2.26. The average molecular weight is 766 g/mol. The Morgan fingerprint density at radius 2 is 0.667 bits per heavy atom. The van der Waals surface area contributed by atoms with Crippen LogP contribution >= 0.6 is 0 Å². The number of anilines is 3. The van der Waals surface area contributed by atoms with Crippen molar-refractivity contribution >= 4 is 49.8 Å². The van der Waals surface area contributed by atoms with Gasteiger partial charge in [-0.1, -0.05) is 176 Å². The Bertz CT molecular complexity index is 3270. The quantitative estimate of drug-likeness (QED) is 0.153. The molecule has 0 bridgehead atoms. The topological polar surface area (TPSA) is 16.4 Å². The molecule has 0 fully saturated rings. The molecule has 0 N–H and O–H groups in total. The Morgan fingerprint density at radius 1 is 0.250 bits per heavy atom. The van der Waals surface area contributed by atoms with Crippen molar-refractivity contribution in [2.24, 2.45) is 0 Å². The summed E-state index contributed by atoms with van der Waals surface area (Å²) in [6, 6.07) is 84.9. The van der Waals surface area contributed by atoms with Gasteiger partial charge in [-0.25, -0.2) is 0 Å². The molecule has 0 saturated heterocycles. The third kappa shape index (κ3) is 6.61. The molecule has 2 nitrogen and oxygen atoms in total. The van der Waals surface area contributed by atoms with Crippen molar-refractivity contribution < 1.29 is 4.42 Å². The second-order valence-corrected chi connectivity index (χ2v) is 15.3. The van der Waals surface area contributed by atoms with Crippen LogP contribution in [0, 0.1) is 0 Å². The van der Waals surface area contributed by atoms with Crippen molar-refractivity contribution in [2.75, 3.05) is 4.90 Å². The number of hydrogen-bond acceptors (Lipinski definition) is 2. The highest BCUT2D eigenvalue weighted by Crippen LogP contribution is 2.40. The molecule has 1 heterocycles. The standard InChI is InChI=1S/C58H39NO/c1-2-10-40(11-3-1)41-20-22-42(23-21-41)43-24-31-50(32-25-43)59(52-35-28-45(29-36-52)48-30-37-56-55-17-6-7-19-57(55)60-58(56)39-48)51-33-26-44(27-34-51)47-14-8-15-49(38-47)54-18-9-13-46-12-4-5-16-53(46)54/h1-39H. The predicted molar refractivity (Wildman–Crippen MR) is 253 cm³/mol. The van der Waals surface area contributed by atoms with Crippen LogP contribution in [0.3, 0.4) is 0 Å². The maximum Gasteiger partial charge on any atom is 0.136 e. The van der Waals surface area contributed by atoms with Crippen LogP contribution in [-0.2, 0) is 0 Å². The molecule has 0 amide bonds. The summed E-state index contributed by atoms with van der Waals surface area (Å²) in [6.07, 6.45) is 0. The van der Waals surface area contributed by atoms with Gasteiger partial charge in [0.2, 0.25) is 0 Å². The molecule has 0 unspecified atom stereocenters. The van der Waals surface area contributed by atoms with E-state index < -0.39 is 0 Å². The molecule has 282 valence electrons. The zero-order valence-electron chi connectivity index (χ0n) is 32.9. The number of furan rings is 1. The van der Waals surface area contributed by atoms with Crippen LogP contribution in [-0.4, -0.2) is 0 Å². The van der Waals surface area contributed by atoms with Gasteiger partial charge in [-0.15, -0.1) is 0 Å². The van der Waals surface area contributed by atoms with Gasteiger partial charge in [0, 0.05) is 27.8 Å². The zero-order chi connectivity index (χ0) is 39.8. The van der Waals surface area contributed by atoms with E-state index in [0.29, 0.717) is 0 Å². The van der Waals surface area contributed by atoms with Crippen LogP contribution < -0.4 is 4.90 Å². The van der Waals surface area contributed by atoms with E-state index in [2.05, 4.69) is 229 Å². The molecule has 2 heteroatoms. The molecule has 0 atom stereocenters. The summed E-state index contributed by atoms with van der Waals surface area (Å²) in [5.41, 5.74) is 16.9. The molecule has 60 heavy (non-hydrogen) atoms. The van der Waals surface area contributed by atoms with Crippen LogP contribution in [0.25, 0.3) is 88.3 Å². The largest absolute Gasteiger partial charge is 0.456 e. The molecule has 1 aromatic heterocycles. The average Bonchev–Trinajstić information content (AvgIpc) is 3.71. The normalized spacial score (nSPS) is 11.3. The zero-order valence-corrected chi connectivity index (χ0v) is 32.9. The number of benzene rings is 10. The van der Waals surface area contributed by atoms with Gasteiger partial charge in [0.1, 0.15) is 11.2 Å². The summed E-state index contributed by atoms with van der Waals surface area (Å²) < 4.78 is 6.24. The van der Waals surface area contributed by atoms with E-state index in [-0.39, 0.29) is 0 Å². The fourth-order valence-corrected chi connectivity index (χ4v) is 8.59. The first-order chi connectivity index (χ1) is 29.7. The Labute approximate surface area is 349 Å². The van der Waals surface area contributed by atoms with Crippen molar-refractivity contribution in [3.05, 3.63) is 237 Å². The number of para-hydroxylation sites is 1. The first kappa shape index (κ1) is 35.2. The number of rotatable bonds is 8. The lowest BCUT2D eigenvalue weighted by Crippen LogP contribution is -2.09. The molecule has 0 saturated carbocycles. The van der Waals surface area contributed by atoms with Crippen LogP contribution in [0.4, 0.5) is 17.1 Å². The van der Waals surface area contributed by atoms with Crippen LogP contribution in [0.15, 0.2) is 241 Å². The van der Waals surface area contributed by atoms with E-state index in [1.165, 1.54) is 55.3 Å². The van der Waals surface area contributed by atoms with Gasteiger partial charge in [0.05, 0.1) is 0 Å². The minimum Gasteiger partial charge on any atom is -0.456 e. The highest BCUT2D eigenvalue weighted by Gasteiger charge is 2.15. The van der Waals surface area contributed by atoms with E-state index in [0.717, 1.165) is 50.1 Å². The molecule has 11 rings (SSSR count). The first-order valence-corrected chi connectivity index (χ1v) is 20.5. The molecule has 0 aliphatic rings. The van der Waals surface area contributed by atoms with Crippen molar-refractivity contribution in [3.63, 3.8) is 0 Å². The minimum atomic E-state index is 0.900. The van der Waals surface area contributed by atoms with E-state index in [9.17, 15) is 0 Å². The minimum absolute atomic E-state index is 0.900. The monoisotopic (exact) mass is 765 g/mol. The summed E-state index contributed by atoms with van der Waals surface area (Å²) in [4.78, 5) is 2.34. The molecular weight excluding hydrogens is 727 g/mol. The van der Waals surface area contributed by atoms with Gasteiger partial charge in [-0.3, -0.25) is 0 Å². The first-order valence-electron chi connectivity index (χ1n) is 20.5. The summed E-state index contributed by atoms with van der Waals surface area (Å²) in [7, 11) is 0. The van der Waals surface area contributed by atoms with E-state index in [1.54, 1.807) is 0 Å². The van der Waals surface area contributed by atoms with Crippen molar-refractivity contribution in [1.29, 1.82) is 0 Å². The Hall–Kier alpha value is -7.94. The molecule has 0 spiro atoms. The van der Waals surface area contributed by atoms with E-state index in [1.807, 2.05) is 12.1 Å². The van der Waals surface area contributed by atoms with E-state index >= 15 is 0 Å². The van der Waals surface area contributed by atoms with Gasteiger partial charge in [-0.2, -0.15) is 0 Å². The maximum atomic E-state index is 6.24. The summed E-state index contributed by atoms with van der Waals surface area (Å²) >= 11 is 0. The molecule has 11 aromatic rings. The fraction of sp³-hybridized carbons (Fsp3) is 0. The predicted octanol–water partition coefficient (Wildman–Crippen LogP) is 16.5. The smallest absolute Gasteiger partial charge is 0.136 e. The summed E-state index contributed by atoms with van der Waals surface area (Å²) in [6.45, 7) is 0. The Kier molecular flexibility index (Phi) is 8.87. The number of nitrogens with zero attached hydrogens (tertiary/aromatic N) is 1. The summed E-state index contributed by atoms with van der Waals surface area (Å²) in [5.74, 6) is 0. The molecule has 0 aliphatic carbocycles. The SMILES string of the molecule is c1ccc(-c2ccc(-c3ccc(N(c4ccc(-c5cccc(-c6cccc7ccccc67)c5)cc4)c4ccc(-c5ccc6c(c5)oc5ccccc56)cc4)cc3)cc2)cc1. The third-order valence-corrected chi connectivity index (χ3v) is 11.7. The summed E-state index contributed by atoms with van der Waals surface area (Å²) in [5, 5.41) is 4.79. The lowest BCUT2D eigenvalue weighted by molar-refractivity contribution is 0.669. The van der Waals surface area contributed by atoms with Gasteiger partial charge >= 0.3 is 0 Å². The second kappa shape index (κ2) is 15.1. The van der Waals surface area contributed by atoms with Gasteiger partial charge < -0.3 is 9.32 Å². The Balaban J connectivity index is 0.935. The van der Waals surface area contributed by atoms with Gasteiger partial charge in [-0.05, 0) is 127 Å². The maximum absolute atomic E-state index is 6.24. The number of fused-ring (bicyclic) bond motifs is 4. The highest BCUT2D eigenvalue weighted by molar-refractivity contribution is 6.06. The van der Waals surface area contributed by atoms with Crippen molar-refractivity contribution in [2.45, 2.75) is 0 Å². The van der Waals surface area contributed by atoms with Crippen LogP contribution in [0.2, 0.25) is 0 Å². The molecular formula is C58H39NO. The van der Waals surface area contributed by atoms with Gasteiger partial charge in [0.25, 0.3) is 0 Å². The van der Waals surface area contributed by atoms with Crippen molar-refractivity contribution in [3.8, 4) is 55.6 Å². The van der Waals surface area contributed by atoms with Crippen LogP contribution in [0.1, 0.15) is 0 Å². The molecule has 10 aromatic carbocycles. The Morgan fingerprint density at radius 3 is 1.32 bits per heavy atom.